The Labute approximate surface area is 89.4 Å². The molecule has 1 heterocycles. The predicted molar refractivity (Wildman–Crippen MR) is 56.5 cm³/mol. The highest BCUT2D eigenvalue weighted by atomic mass is 16.4. The largest absolute Gasteiger partial charge is 0.481 e. The lowest BCUT2D eigenvalue weighted by molar-refractivity contribution is -0.137. The summed E-state index contributed by atoms with van der Waals surface area (Å²) in [5.41, 5.74) is 0.911. The van der Waals surface area contributed by atoms with E-state index in [-0.39, 0.29) is 12.3 Å². The van der Waals surface area contributed by atoms with E-state index < -0.39 is 5.97 Å². The molecule has 82 valence electrons. The van der Waals surface area contributed by atoms with Crippen LogP contribution < -0.4 is 0 Å². The van der Waals surface area contributed by atoms with Gasteiger partial charge in [0, 0.05) is 12.4 Å². The van der Waals surface area contributed by atoms with Gasteiger partial charge in [-0.2, -0.15) is 0 Å². The Morgan fingerprint density at radius 1 is 1.40 bits per heavy atom. The van der Waals surface area contributed by atoms with Crippen molar-refractivity contribution < 1.29 is 9.90 Å². The molecule has 0 saturated heterocycles. The van der Waals surface area contributed by atoms with Gasteiger partial charge < -0.3 is 5.11 Å². The number of carboxylic acid groups (broad SMARTS) is 1. The molecule has 0 aromatic carbocycles. The van der Waals surface area contributed by atoms with Crippen LogP contribution in [0.2, 0.25) is 0 Å². The van der Waals surface area contributed by atoms with Gasteiger partial charge in [-0.15, -0.1) is 0 Å². The van der Waals surface area contributed by atoms with Gasteiger partial charge in [0.25, 0.3) is 0 Å². The minimum absolute atomic E-state index is 0.0173. The van der Waals surface area contributed by atoms with Gasteiger partial charge in [-0.05, 0) is 23.8 Å². The third-order valence-electron chi connectivity index (χ3n) is 2.23. The molecule has 4 heteroatoms. The first kappa shape index (κ1) is 11.6. The third-order valence-corrected chi connectivity index (χ3v) is 2.23. The van der Waals surface area contributed by atoms with Crippen LogP contribution in [0.4, 0.5) is 0 Å². The summed E-state index contributed by atoms with van der Waals surface area (Å²) in [6.45, 7) is 4.16. The van der Waals surface area contributed by atoms with Crippen molar-refractivity contribution in [1.29, 1.82) is 0 Å². The quantitative estimate of drug-likeness (QED) is 0.804. The second-order valence-electron chi connectivity index (χ2n) is 4.10. The molecule has 0 aliphatic heterocycles. The predicted octanol–water partition coefficient (Wildman–Crippen LogP) is 2.08. The van der Waals surface area contributed by atoms with Crippen LogP contribution in [0.25, 0.3) is 0 Å². The van der Waals surface area contributed by atoms with Gasteiger partial charge in [-0.25, -0.2) is 9.97 Å². The molecule has 4 nitrogen and oxygen atoms in total. The van der Waals surface area contributed by atoms with Crippen molar-refractivity contribution in [3.05, 3.63) is 24.3 Å². The molecule has 0 aliphatic carbocycles. The molecule has 1 aromatic heterocycles. The highest BCUT2D eigenvalue weighted by molar-refractivity contribution is 5.67. The summed E-state index contributed by atoms with van der Waals surface area (Å²) in [4.78, 5) is 18.6. The van der Waals surface area contributed by atoms with Gasteiger partial charge in [0.1, 0.15) is 6.33 Å². The number of aliphatic carboxylic acids is 1. The Kier molecular flexibility index (Phi) is 4.21. The van der Waals surface area contributed by atoms with E-state index in [2.05, 4.69) is 23.8 Å². The first-order valence-corrected chi connectivity index (χ1v) is 5.06. The summed E-state index contributed by atoms with van der Waals surface area (Å²) >= 11 is 0. The lowest BCUT2D eigenvalue weighted by atomic mass is 9.89. The van der Waals surface area contributed by atoms with Gasteiger partial charge in [0.15, 0.2) is 0 Å². The van der Waals surface area contributed by atoms with Crippen LogP contribution in [-0.2, 0) is 4.79 Å². The number of hydrogen-bond acceptors (Lipinski definition) is 3. The molecular formula is C11H16N2O2. The Balaban J connectivity index is 2.76. The van der Waals surface area contributed by atoms with E-state index in [1.807, 2.05) is 0 Å². The number of carbonyl (C=O) groups is 1. The van der Waals surface area contributed by atoms with Crippen LogP contribution >= 0.6 is 0 Å². The summed E-state index contributed by atoms with van der Waals surface area (Å²) in [5, 5.41) is 8.82. The van der Waals surface area contributed by atoms with E-state index in [4.69, 9.17) is 5.11 Å². The molecule has 0 saturated carbocycles. The van der Waals surface area contributed by atoms with Crippen LogP contribution in [0.15, 0.2) is 18.7 Å². The van der Waals surface area contributed by atoms with E-state index >= 15 is 0 Å². The number of nitrogens with zero attached hydrogens (tertiary/aromatic N) is 2. The van der Waals surface area contributed by atoms with Crippen molar-refractivity contribution in [3.63, 3.8) is 0 Å². The highest BCUT2D eigenvalue weighted by Gasteiger charge is 2.17. The van der Waals surface area contributed by atoms with Crippen molar-refractivity contribution in [2.75, 3.05) is 0 Å². The molecule has 0 aliphatic rings. The summed E-state index contributed by atoms with van der Waals surface area (Å²) < 4.78 is 0. The molecule has 1 aromatic rings. The first-order chi connectivity index (χ1) is 7.09. The smallest absolute Gasteiger partial charge is 0.303 e. The van der Waals surface area contributed by atoms with Crippen molar-refractivity contribution in [3.8, 4) is 0 Å². The van der Waals surface area contributed by atoms with Gasteiger partial charge in [0.05, 0.1) is 6.42 Å². The van der Waals surface area contributed by atoms with Crippen LogP contribution in [0.1, 0.15) is 38.2 Å². The molecule has 0 radical (unpaired) electrons. The molecule has 0 fully saturated rings. The van der Waals surface area contributed by atoms with E-state index in [9.17, 15) is 4.79 Å². The molecule has 1 atom stereocenters. The summed E-state index contributed by atoms with van der Waals surface area (Å²) in [6.07, 6.45) is 5.84. The minimum Gasteiger partial charge on any atom is -0.481 e. The van der Waals surface area contributed by atoms with E-state index in [0.717, 1.165) is 12.0 Å². The summed E-state index contributed by atoms with van der Waals surface area (Å²) in [5.74, 6) is -0.289. The Bertz CT molecular complexity index is 312. The number of aromatic nitrogens is 2. The van der Waals surface area contributed by atoms with Gasteiger partial charge >= 0.3 is 5.97 Å². The maximum atomic E-state index is 10.7. The van der Waals surface area contributed by atoms with Gasteiger partial charge in [-0.1, -0.05) is 13.8 Å². The van der Waals surface area contributed by atoms with Gasteiger partial charge in [0.2, 0.25) is 0 Å². The Morgan fingerprint density at radius 3 is 2.47 bits per heavy atom. The minimum atomic E-state index is -0.774. The van der Waals surface area contributed by atoms with E-state index in [1.54, 1.807) is 12.4 Å². The number of hydrogen-bond donors (Lipinski definition) is 1. The fraction of sp³-hybridized carbons (Fsp3) is 0.545. The third kappa shape index (κ3) is 4.06. The Morgan fingerprint density at radius 2 is 2.00 bits per heavy atom. The Hall–Kier alpha value is -1.45. The molecule has 1 rings (SSSR count). The first-order valence-electron chi connectivity index (χ1n) is 5.06. The summed E-state index contributed by atoms with van der Waals surface area (Å²) in [7, 11) is 0. The molecule has 0 amide bonds. The maximum Gasteiger partial charge on any atom is 0.303 e. The molecular weight excluding hydrogens is 192 g/mol. The van der Waals surface area contributed by atoms with Crippen molar-refractivity contribution >= 4 is 5.97 Å². The van der Waals surface area contributed by atoms with Crippen LogP contribution in [0, 0.1) is 5.92 Å². The van der Waals surface area contributed by atoms with Crippen LogP contribution in [-0.4, -0.2) is 21.0 Å². The van der Waals surface area contributed by atoms with Crippen LogP contribution in [0.5, 0.6) is 0 Å². The number of rotatable bonds is 5. The zero-order valence-corrected chi connectivity index (χ0v) is 9.05. The van der Waals surface area contributed by atoms with E-state index in [0.29, 0.717) is 5.92 Å². The zero-order valence-electron chi connectivity index (χ0n) is 9.05. The van der Waals surface area contributed by atoms with Crippen LogP contribution in [0.3, 0.4) is 0 Å². The van der Waals surface area contributed by atoms with Crippen molar-refractivity contribution in [2.45, 2.75) is 32.6 Å². The SMILES string of the molecule is CC(C)CC(CC(=O)O)c1cncnc1. The van der Waals surface area contributed by atoms with Crippen molar-refractivity contribution in [2.24, 2.45) is 5.92 Å². The lowest BCUT2D eigenvalue weighted by Crippen LogP contribution is -2.09. The lowest BCUT2D eigenvalue weighted by Gasteiger charge is -2.16. The van der Waals surface area contributed by atoms with Gasteiger partial charge in [-0.3, -0.25) is 4.79 Å². The monoisotopic (exact) mass is 208 g/mol. The maximum absolute atomic E-state index is 10.7. The second-order valence-corrected chi connectivity index (χ2v) is 4.10. The topological polar surface area (TPSA) is 63.1 Å². The highest BCUT2D eigenvalue weighted by Crippen LogP contribution is 2.25. The average Bonchev–Trinajstić information content (AvgIpc) is 2.17. The zero-order chi connectivity index (χ0) is 11.3. The molecule has 0 spiro atoms. The standard InChI is InChI=1S/C11H16N2O2/c1-8(2)3-9(4-11(14)15)10-5-12-7-13-6-10/h5-9H,3-4H2,1-2H3,(H,14,15). The summed E-state index contributed by atoms with van der Waals surface area (Å²) in [6, 6.07) is 0. The fourth-order valence-corrected chi connectivity index (χ4v) is 1.64. The molecule has 1 N–H and O–H groups in total. The molecule has 0 bridgehead atoms. The van der Waals surface area contributed by atoms with Crippen molar-refractivity contribution in [1.82, 2.24) is 9.97 Å². The second kappa shape index (κ2) is 5.44. The molecule has 1 unspecified atom stereocenters. The molecule has 15 heavy (non-hydrogen) atoms. The normalized spacial score (nSPS) is 12.7. The number of carboxylic acids is 1. The fourth-order valence-electron chi connectivity index (χ4n) is 1.64. The van der Waals surface area contributed by atoms with E-state index in [1.165, 1.54) is 6.33 Å². The average molecular weight is 208 g/mol.